The zero-order valence-corrected chi connectivity index (χ0v) is 12.3. The molecule has 1 saturated heterocycles. The number of nitrogens with one attached hydrogen (secondary N) is 1. The van der Waals surface area contributed by atoms with Crippen molar-refractivity contribution in [2.24, 2.45) is 0 Å². The average Bonchev–Trinajstić information content (AvgIpc) is 2.44. The number of halogens is 1. The first kappa shape index (κ1) is 15.1. The van der Waals surface area contributed by atoms with E-state index < -0.39 is 0 Å². The van der Waals surface area contributed by atoms with Gasteiger partial charge in [0, 0.05) is 19.6 Å². The monoisotopic (exact) mass is 297 g/mol. The van der Waals surface area contributed by atoms with Gasteiger partial charge in [-0.1, -0.05) is 17.7 Å². The average molecular weight is 298 g/mol. The molecule has 0 aromatic heterocycles. The zero-order valence-electron chi connectivity index (χ0n) is 11.6. The van der Waals surface area contributed by atoms with Gasteiger partial charge in [0.2, 0.25) is 5.91 Å². The number of benzene rings is 1. The molecule has 0 aliphatic carbocycles. The molecule has 1 fully saturated rings. The molecule has 5 nitrogen and oxygen atoms in total. The minimum Gasteiger partial charge on any atom is -0.398 e. The summed E-state index contributed by atoms with van der Waals surface area (Å²) in [5.41, 5.74) is 7.42. The number of nitrogens with zero attached hydrogens (tertiary/aromatic N) is 1. The summed E-state index contributed by atoms with van der Waals surface area (Å²) in [5, 5.41) is 3.40. The van der Waals surface area contributed by atoms with Gasteiger partial charge in [-0.15, -0.1) is 0 Å². The van der Waals surface area contributed by atoms with Gasteiger partial charge in [0.25, 0.3) is 0 Å². The fourth-order valence-electron chi connectivity index (χ4n) is 2.29. The molecule has 1 amide bonds. The molecule has 0 bridgehead atoms. The SMILES string of the molecule is CCNC(=O)C1COCCN1Cc1ccc(Cl)c(N)c1. The number of rotatable bonds is 4. The zero-order chi connectivity index (χ0) is 14.5. The first-order chi connectivity index (χ1) is 9.61. The molecule has 1 aromatic rings. The summed E-state index contributed by atoms with van der Waals surface area (Å²) in [6, 6.07) is 5.32. The number of nitrogens with two attached hydrogens (primary N) is 1. The van der Waals surface area contributed by atoms with Crippen LogP contribution >= 0.6 is 11.6 Å². The van der Waals surface area contributed by atoms with Crippen molar-refractivity contribution in [1.82, 2.24) is 10.2 Å². The van der Waals surface area contributed by atoms with Crippen LogP contribution in [0.5, 0.6) is 0 Å². The van der Waals surface area contributed by atoms with Crippen LogP contribution in [-0.2, 0) is 16.1 Å². The maximum Gasteiger partial charge on any atom is 0.239 e. The lowest BCUT2D eigenvalue weighted by Crippen LogP contribution is -2.53. The molecule has 0 saturated carbocycles. The second-order valence-electron chi connectivity index (χ2n) is 4.81. The summed E-state index contributed by atoms with van der Waals surface area (Å²) in [4.78, 5) is 14.1. The van der Waals surface area contributed by atoms with E-state index in [0.717, 1.165) is 12.1 Å². The summed E-state index contributed by atoms with van der Waals surface area (Å²) in [6.45, 7) is 4.98. The van der Waals surface area contributed by atoms with Gasteiger partial charge in [-0.25, -0.2) is 0 Å². The summed E-state index contributed by atoms with van der Waals surface area (Å²) >= 11 is 5.92. The predicted molar refractivity (Wildman–Crippen MR) is 79.6 cm³/mol. The maximum absolute atomic E-state index is 12.0. The van der Waals surface area contributed by atoms with Crippen molar-refractivity contribution >= 4 is 23.2 Å². The van der Waals surface area contributed by atoms with Crippen LogP contribution in [0.3, 0.4) is 0 Å². The Balaban J connectivity index is 2.08. The molecule has 1 heterocycles. The van der Waals surface area contributed by atoms with Crippen LogP contribution in [0.15, 0.2) is 18.2 Å². The lowest BCUT2D eigenvalue weighted by atomic mass is 10.1. The van der Waals surface area contributed by atoms with E-state index in [9.17, 15) is 4.79 Å². The first-order valence-electron chi connectivity index (χ1n) is 6.75. The largest absolute Gasteiger partial charge is 0.398 e. The van der Waals surface area contributed by atoms with Crippen molar-refractivity contribution in [3.05, 3.63) is 28.8 Å². The van der Waals surface area contributed by atoms with Gasteiger partial charge in [0.1, 0.15) is 6.04 Å². The maximum atomic E-state index is 12.0. The Morgan fingerprint density at radius 2 is 2.40 bits per heavy atom. The Kier molecular flexibility index (Phi) is 5.23. The van der Waals surface area contributed by atoms with E-state index in [-0.39, 0.29) is 11.9 Å². The summed E-state index contributed by atoms with van der Waals surface area (Å²) in [5.74, 6) is 0.00846. The van der Waals surface area contributed by atoms with Gasteiger partial charge in [-0.05, 0) is 24.6 Å². The van der Waals surface area contributed by atoms with Crippen LogP contribution < -0.4 is 11.1 Å². The molecule has 2 rings (SSSR count). The van der Waals surface area contributed by atoms with E-state index in [0.29, 0.717) is 37.0 Å². The molecule has 1 unspecified atom stereocenters. The van der Waals surface area contributed by atoms with E-state index in [1.54, 1.807) is 6.07 Å². The Hall–Kier alpha value is -1.30. The van der Waals surface area contributed by atoms with Gasteiger partial charge in [-0.3, -0.25) is 9.69 Å². The van der Waals surface area contributed by atoms with Crippen molar-refractivity contribution in [2.45, 2.75) is 19.5 Å². The summed E-state index contributed by atoms with van der Waals surface area (Å²) in [7, 11) is 0. The molecule has 1 aromatic carbocycles. The molecular weight excluding hydrogens is 278 g/mol. The lowest BCUT2D eigenvalue weighted by molar-refractivity contribution is -0.132. The van der Waals surface area contributed by atoms with Crippen LogP contribution in [0.2, 0.25) is 5.02 Å². The van der Waals surface area contributed by atoms with Crippen LogP contribution in [0.1, 0.15) is 12.5 Å². The van der Waals surface area contributed by atoms with Gasteiger partial charge < -0.3 is 15.8 Å². The minimum atomic E-state index is -0.249. The second-order valence-corrected chi connectivity index (χ2v) is 5.22. The molecule has 1 aliphatic heterocycles. The number of anilines is 1. The summed E-state index contributed by atoms with van der Waals surface area (Å²) in [6.07, 6.45) is 0. The van der Waals surface area contributed by atoms with E-state index in [2.05, 4.69) is 10.2 Å². The molecule has 0 spiro atoms. The third-order valence-corrected chi connectivity index (χ3v) is 3.68. The second kappa shape index (κ2) is 6.92. The lowest BCUT2D eigenvalue weighted by Gasteiger charge is -2.34. The number of nitrogen functional groups attached to an aromatic ring is 1. The number of amides is 1. The van der Waals surface area contributed by atoms with Crippen LogP contribution in [-0.4, -0.2) is 43.2 Å². The number of morpholine rings is 1. The molecule has 6 heteroatoms. The van der Waals surface area contributed by atoms with E-state index >= 15 is 0 Å². The normalized spacial score (nSPS) is 19.8. The molecule has 20 heavy (non-hydrogen) atoms. The molecule has 3 N–H and O–H groups in total. The van der Waals surface area contributed by atoms with Gasteiger partial charge >= 0.3 is 0 Å². The smallest absolute Gasteiger partial charge is 0.239 e. The Bertz CT molecular complexity index is 481. The third kappa shape index (κ3) is 3.62. The molecule has 0 radical (unpaired) electrons. The van der Waals surface area contributed by atoms with Crippen molar-refractivity contribution < 1.29 is 9.53 Å². The van der Waals surface area contributed by atoms with E-state index in [1.165, 1.54) is 0 Å². The van der Waals surface area contributed by atoms with E-state index in [1.807, 2.05) is 19.1 Å². The van der Waals surface area contributed by atoms with Crippen molar-refractivity contribution in [2.75, 3.05) is 32.0 Å². The van der Waals surface area contributed by atoms with Crippen molar-refractivity contribution in [3.8, 4) is 0 Å². The fraction of sp³-hybridized carbons (Fsp3) is 0.500. The number of carbonyl (C=O) groups is 1. The number of likely N-dealkylation sites (N-methyl/N-ethyl adjacent to an activating group) is 1. The number of hydrogen-bond donors (Lipinski definition) is 2. The van der Waals surface area contributed by atoms with Crippen LogP contribution in [0, 0.1) is 0 Å². The Labute approximate surface area is 124 Å². The minimum absolute atomic E-state index is 0.00846. The first-order valence-corrected chi connectivity index (χ1v) is 7.13. The van der Waals surface area contributed by atoms with Gasteiger partial charge in [0.05, 0.1) is 23.9 Å². The van der Waals surface area contributed by atoms with Gasteiger partial charge in [-0.2, -0.15) is 0 Å². The number of ether oxygens (including phenoxy) is 1. The topological polar surface area (TPSA) is 67.6 Å². The summed E-state index contributed by atoms with van der Waals surface area (Å²) < 4.78 is 5.41. The third-order valence-electron chi connectivity index (χ3n) is 3.34. The molecular formula is C14H20ClN3O2. The highest BCUT2D eigenvalue weighted by Gasteiger charge is 2.28. The van der Waals surface area contributed by atoms with Crippen LogP contribution in [0.25, 0.3) is 0 Å². The number of hydrogen-bond acceptors (Lipinski definition) is 4. The predicted octanol–water partition coefficient (Wildman–Crippen LogP) is 1.26. The highest BCUT2D eigenvalue weighted by Crippen LogP contribution is 2.21. The number of carbonyl (C=O) groups excluding carboxylic acids is 1. The highest BCUT2D eigenvalue weighted by molar-refractivity contribution is 6.33. The van der Waals surface area contributed by atoms with Crippen molar-refractivity contribution in [1.29, 1.82) is 0 Å². The quantitative estimate of drug-likeness (QED) is 0.821. The van der Waals surface area contributed by atoms with Crippen molar-refractivity contribution in [3.63, 3.8) is 0 Å². The molecule has 1 atom stereocenters. The van der Waals surface area contributed by atoms with E-state index in [4.69, 9.17) is 22.1 Å². The standard InChI is InChI=1S/C14H20ClN3O2/c1-2-17-14(19)13-9-20-6-5-18(13)8-10-3-4-11(15)12(16)7-10/h3-4,7,13H,2,5-6,8-9,16H2,1H3,(H,17,19). The molecule has 110 valence electrons. The van der Waals surface area contributed by atoms with Crippen LogP contribution in [0.4, 0.5) is 5.69 Å². The molecule has 1 aliphatic rings. The highest BCUT2D eigenvalue weighted by atomic mass is 35.5. The van der Waals surface area contributed by atoms with Gasteiger partial charge in [0.15, 0.2) is 0 Å². The Morgan fingerprint density at radius 1 is 1.60 bits per heavy atom. The fourth-order valence-corrected chi connectivity index (χ4v) is 2.40. The Morgan fingerprint density at radius 3 is 3.10 bits per heavy atom.